The second-order valence-electron chi connectivity index (χ2n) is 4.87. The van der Waals surface area contributed by atoms with Crippen molar-refractivity contribution in [3.8, 4) is 5.75 Å². The predicted octanol–water partition coefficient (Wildman–Crippen LogP) is 1.82. The van der Waals surface area contributed by atoms with Crippen LogP contribution < -0.4 is 15.8 Å². The highest BCUT2D eigenvalue weighted by Crippen LogP contribution is 2.18. The van der Waals surface area contributed by atoms with E-state index in [0.29, 0.717) is 30.2 Å². The van der Waals surface area contributed by atoms with E-state index in [0.717, 1.165) is 0 Å². The van der Waals surface area contributed by atoms with E-state index in [2.05, 4.69) is 5.32 Å². The molecule has 0 aliphatic heterocycles. The van der Waals surface area contributed by atoms with Gasteiger partial charge in [-0.05, 0) is 32.9 Å². The Kier molecular flexibility index (Phi) is 5.18. The van der Waals surface area contributed by atoms with Crippen LogP contribution in [0.3, 0.4) is 0 Å². The van der Waals surface area contributed by atoms with Gasteiger partial charge in [0.15, 0.2) is 0 Å². The Labute approximate surface area is 114 Å². The number of benzene rings is 1. The first-order chi connectivity index (χ1) is 8.88. The van der Waals surface area contributed by atoms with E-state index >= 15 is 0 Å². The summed E-state index contributed by atoms with van der Waals surface area (Å²) in [5.74, 6) is 0.368. The van der Waals surface area contributed by atoms with E-state index in [1.54, 1.807) is 18.2 Å². The number of nitrogens with two attached hydrogens (primary N) is 1. The van der Waals surface area contributed by atoms with Crippen molar-refractivity contribution in [3.63, 3.8) is 0 Å². The molecule has 5 nitrogen and oxygen atoms in total. The van der Waals surface area contributed by atoms with Gasteiger partial charge in [-0.15, -0.1) is 0 Å². The van der Waals surface area contributed by atoms with E-state index in [-0.39, 0.29) is 5.91 Å². The summed E-state index contributed by atoms with van der Waals surface area (Å²) in [6.45, 7) is 6.81. The maximum Gasteiger partial charge on any atom is 0.251 e. The van der Waals surface area contributed by atoms with Gasteiger partial charge in [-0.3, -0.25) is 4.79 Å². The van der Waals surface area contributed by atoms with Crippen LogP contribution in [0.4, 0.5) is 5.69 Å². The van der Waals surface area contributed by atoms with Gasteiger partial charge in [0.1, 0.15) is 5.75 Å². The average Bonchev–Trinajstić information content (AvgIpc) is 2.35. The molecule has 0 bridgehead atoms. The van der Waals surface area contributed by atoms with E-state index in [1.807, 2.05) is 20.8 Å². The van der Waals surface area contributed by atoms with Crippen molar-refractivity contribution in [2.75, 3.05) is 26.0 Å². The lowest BCUT2D eigenvalue weighted by Gasteiger charge is -2.24. The molecular weight excluding hydrogens is 244 g/mol. The monoisotopic (exact) mass is 266 g/mol. The summed E-state index contributed by atoms with van der Waals surface area (Å²) in [4.78, 5) is 12.0. The molecule has 106 valence electrons. The Hall–Kier alpha value is -1.75. The van der Waals surface area contributed by atoms with Crippen LogP contribution in [-0.4, -0.2) is 31.8 Å². The smallest absolute Gasteiger partial charge is 0.251 e. The number of nitrogen functional groups attached to an aromatic ring is 1. The van der Waals surface area contributed by atoms with E-state index in [1.165, 1.54) is 7.11 Å². The number of anilines is 1. The van der Waals surface area contributed by atoms with E-state index in [9.17, 15) is 4.79 Å². The highest BCUT2D eigenvalue weighted by atomic mass is 16.5. The first-order valence-corrected chi connectivity index (χ1v) is 6.24. The normalized spacial score (nSPS) is 11.2. The fourth-order valence-electron chi connectivity index (χ4n) is 1.71. The predicted molar refractivity (Wildman–Crippen MR) is 75.4 cm³/mol. The number of hydrogen-bond acceptors (Lipinski definition) is 4. The number of methoxy groups -OCH3 is 1. The molecular formula is C14H22N2O3. The molecule has 0 saturated heterocycles. The Balaban J connectivity index is 2.71. The molecule has 1 aromatic carbocycles. The molecule has 0 aliphatic carbocycles. The fraction of sp³-hybridized carbons (Fsp3) is 0.500. The summed E-state index contributed by atoms with van der Waals surface area (Å²) >= 11 is 0. The third-order valence-electron chi connectivity index (χ3n) is 2.64. The van der Waals surface area contributed by atoms with Gasteiger partial charge in [-0.25, -0.2) is 0 Å². The topological polar surface area (TPSA) is 73.6 Å². The molecule has 0 saturated carbocycles. The molecule has 1 aromatic rings. The van der Waals surface area contributed by atoms with Crippen LogP contribution in [0, 0.1) is 0 Å². The Morgan fingerprint density at radius 1 is 1.37 bits per heavy atom. The van der Waals surface area contributed by atoms with Gasteiger partial charge in [0.05, 0.1) is 12.7 Å². The lowest BCUT2D eigenvalue weighted by atomic mass is 10.1. The molecule has 0 atom stereocenters. The lowest BCUT2D eigenvalue weighted by molar-refractivity contribution is -0.00815. The van der Waals surface area contributed by atoms with Gasteiger partial charge in [0, 0.05) is 30.5 Å². The third-order valence-corrected chi connectivity index (χ3v) is 2.64. The van der Waals surface area contributed by atoms with Crippen LogP contribution in [0.25, 0.3) is 0 Å². The number of hydrogen-bond donors (Lipinski definition) is 2. The zero-order chi connectivity index (χ0) is 14.5. The highest BCUT2D eigenvalue weighted by Gasteiger charge is 2.19. The van der Waals surface area contributed by atoms with Crippen molar-refractivity contribution >= 4 is 11.6 Å². The van der Waals surface area contributed by atoms with E-state index < -0.39 is 5.60 Å². The molecule has 0 aromatic heterocycles. The summed E-state index contributed by atoms with van der Waals surface area (Å²) in [5.41, 5.74) is 6.29. The molecule has 5 heteroatoms. The van der Waals surface area contributed by atoms with Gasteiger partial charge in [0.25, 0.3) is 5.91 Å². The van der Waals surface area contributed by atoms with Crippen molar-refractivity contribution in [2.24, 2.45) is 0 Å². The fourth-order valence-corrected chi connectivity index (χ4v) is 1.71. The van der Waals surface area contributed by atoms with Crippen LogP contribution in [0.2, 0.25) is 0 Å². The van der Waals surface area contributed by atoms with Gasteiger partial charge in [-0.2, -0.15) is 0 Å². The SMILES string of the molecule is CCOC(C)(C)CNC(=O)c1cc(N)cc(OC)c1. The Bertz CT molecular complexity index is 444. The standard InChI is InChI=1S/C14H22N2O3/c1-5-19-14(2,3)9-16-13(17)10-6-11(15)8-12(7-10)18-4/h6-8H,5,9,15H2,1-4H3,(H,16,17). The van der Waals surface area contributed by atoms with E-state index in [4.69, 9.17) is 15.2 Å². The maximum absolute atomic E-state index is 12.0. The molecule has 0 spiro atoms. The van der Waals surface area contributed by atoms with Crippen LogP contribution in [-0.2, 0) is 4.74 Å². The minimum atomic E-state index is -0.394. The number of nitrogens with one attached hydrogen (secondary N) is 1. The molecule has 0 heterocycles. The average molecular weight is 266 g/mol. The largest absolute Gasteiger partial charge is 0.497 e. The van der Waals surface area contributed by atoms with Gasteiger partial charge < -0.3 is 20.5 Å². The maximum atomic E-state index is 12.0. The van der Waals surface area contributed by atoms with Gasteiger partial charge in [-0.1, -0.05) is 0 Å². The van der Waals surface area contributed by atoms with Crippen molar-refractivity contribution in [3.05, 3.63) is 23.8 Å². The zero-order valence-corrected chi connectivity index (χ0v) is 11.9. The van der Waals surface area contributed by atoms with Crippen molar-refractivity contribution in [2.45, 2.75) is 26.4 Å². The van der Waals surface area contributed by atoms with Crippen molar-refractivity contribution < 1.29 is 14.3 Å². The van der Waals surface area contributed by atoms with Crippen molar-refractivity contribution in [1.29, 1.82) is 0 Å². The number of amides is 1. The first-order valence-electron chi connectivity index (χ1n) is 6.24. The van der Waals surface area contributed by atoms with Gasteiger partial charge >= 0.3 is 0 Å². The Morgan fingerprint density at radius 3 is 2.63 bits per heavy atom. The minimum absolute atomic E-state index is 0.196. The third kappa shape index (κ3) is 4.79. The molecule has 3 N–H and O–H groups in total. The second kappa shape index (κ2) is 6.43. The van der Waals surface area contributed by atoms with Crippen LogP contribution >= 0.6 is 0 Å². The lowest BCUT2D eigenvalue weighted by Crippen LogP contribution is -2.40. The van der Waals surface area contributed by atoms with Crippen LogP contribution in [0.5, 0.6) is 5.75 Å². The molecule has 0 radical (unpaired) electrons. The quantitative estimate of drug-likeness (QED) is 0.770. The molecule has 0 fully saturated rings. The first kappa shape index (κ1) is 15.3. The number of carbonyl (C=O) groups is 1. The molecule has 1 amide bonds. The molecule has 19 heavy (non-hydrogen) atoms. The minimum Gasteiger partial charge on any atom is -0.497 e. The number of carbonyl (C=O) groups excluding carboxylic acids is 1. The summed E-state index contributed by atoms with van der Waals surface area (Å²) in [6, 6.07) is 4.94. The zero-order valence-electron chi connectivity index (χ0n) is 11.9. The summed E-state index contributed by atoms with van der Waals surface area (Å²) in [7, 11) is 1.54. The molecule has 1 rings (SSSR count). The number of ether oxygens (including phenoxy) is 2. The van der Waals surface area contributed by atoms with Gasteiger partial charge in [0.2, 0.25) is 0 Å². The second-order valence-corrected chi connectivity index (χ2v) is 4.87. The summed E-state index contributed by atoms with van der Waals surface area (Å²) in [5, 5.41) is 2.83. The molecule has 0 aliphatic rings. The number of rotatable bonds is 6. The molecule has 0 unspecified atom stereocenters. The highest BCUT2D eigenvalue weighted by molar-refractivity contribution is 5.95. The van der Waals surface area contributed by atoms with Crippen LogP contribution in [0.15, 0.2) is 18.2 Å². The Morgan fingerprint density at radius 2 is 2.05 bits per heavy atom. The van der Waals surface area contributed by atoms with Crippen LogP contribution in [0.1, 0.15) is 31.1 Å². The van der Waals surface area contributed by atoms with Crippen molar-refractivity contribution in [1.82, 2.24) is 5.32 Å². The summed E-state index contributed by atoms with van der Waals surface area (Å²) in [6.07, 6.45) is 0. The summed E-state index contributed by atoms with van der Waals surface area (Å²) < 4.78 is 10.6.